The topological polar surface area (TPSA) is 105 Å². The molecule has 2 amide bonds. The van der Waals surface area contributed by atoms with Crippen LogP contribution in [0.3, 0.4) is 0 Å². The summed E-state index contributed by atoms with van der Waals surface area (Å²) in [6, 6.07) is 28.2. The Morgan fingerprint density at radius 1 is 0.844 bits per heavy atom. The smallest absolute Gasteiger partial charge is 0.243 e. The van der Waals surface area contributed by atoms with Crippen LogP contribution in [0.4, 0.5) is 4.39 Å². The lowest BCUT2D eigenvalue weighted by atomic mass is 10.0. The molecule has 0 bridgehead atoms. The van der Waals surface area contributed by atoms with Crippen LogP contribution in [0.5, 0.6) is 5.75 Å². The van der Waals surface area contributed by atoms with Crippen molar-refractivity contribution >= 4 is 21.8 Å². The Labute approximate surface area is 264 Å². The number of ether oxygens (including phenoxy) is 1. The molecule has 45 heavy (non-hydrogen) atoms. The summed E-state index contributed by atoms with van der Waals surface area (Å²) in [4.78, 5) is 29.5. The van der Waals surface area contributed by atoms with Crippen LogP contribution in [-0.2, 0) is 45.5 Å². The van der Waals surface area contributed by atoms with Gasteiger partial charge in [-0.2, -0.15) is 0 Å². The van der Waals surface area contributed by atoms with E-state index < -0.39 is 21.9 Å². The maximum absolute atomic E-state index is 14.0. The van der Waals surface area contributed by atoms with Crippen molar-refractivity contribution < 1.29 is 27.1 Å². The number of para-hydroxylation sites is 1. The first kappa shape index (κ1) is 33.4. The van der Waals surface area contributed by atoms with Gasteiger partial charge in [0.25, 0.3) is 0 Å². The van der Waals surface area contributed by atoms with Crippen molar-refractivity contribution in [1.29, 1.82) is 0 Å². The van der Waals surface area contributed by atoms with Gasteiger partial charge in [0.2, 0.25) is 21.8 Å². The van der Waals surface area contributed by atoms with Gasteiger partial charge in [0.05, 0.1) is 12.0 Å². The van der Waals surface area contributed by atoms with Crippen LogP contribution in [0.15, 0.2) is 108 Å². The van der Waals surface area contributed by atoms with Crippen molar-refractivity contribution in [2.24, 2.45) is 0 Å². The zero-order valence-electron chi connectivity index (χ0n) is 25.4. The summed E-state index contributed by atoms with van der Waals surface area (Å²) in [6.07, 6.45) is 0.676. The van der Waals surface area contributed by atoms with E-state index in [1.807, 2.05) is 54.6 Å². The van der Waals surface area contributed by atoms with Gasteiger partial charge in [0.15, 0.2) is 0 Å². The van der Waals surface area contributed by atoms with Crippen LogP contribution >= 0.6 is 0 Å². The summed E-state index contributed by atoms with van der Waals surface area (Å²) in [7, 11) is -2.03. The molecule has 0 aliphatic carbocycles. The molecular weight excluding hydrogens is 593 g/mol. The van der Waals surface area contributed by atoms with Gasteiger partial charge >= 0.3 is 0 Å². The third-order valence-electron chi connectivity index (χ3n) is 7.38. The van der Waals surface area contributed by atoms with E-state index in [4.69, 9.17) is 4.74 Å². The highest BCUT2D eigenvalue weighted by Gasteiger charge is 2.30. The number of nitrogens with one attached hydrogen (secondary N) is 2. The predicted octanol–water partition coefficient (Wildman–Crippen LogP) is 5.02. The van der Waals surface area contributed by atoms with E-state index >= 15 is 0 Å². The maximum Gasteiger partial charge on any atom is 0.243 e. The Balaban J connectivity index is 1.60. The first-order valence-corrected chi connectivity index (χ1v) is 16.2. The Morgan fingerprint density at radius 2 is 1.49 bits per heavy atom. The molecule has 4 aromatic rings. The van der Waals surface area contributed by atoms with Crippen molar-refractivity contribution in [3.63, 3.8) is 0 Å². The number of hydrogen-bond donors (Lipinski definition) is 2. The number of carbonyl (C=O) groups is 2. The molecular formula is C35H38FN3O5S. The number of rotatable bonds is 15. The standard InChI is InChI=1S/C35H38FN3O5S/c1-3-38-45(42,43)31-20-15-26(16-21-31)17-22-34(40)39(25-28-13-18-30(36)19-14-28)32(23-27-9-5-4-6-10-27)35(41)37-24-29-11-7-8-12-33(29)44-2/h4-16,18-21,32,38H,3,17,22-25H2,1-2H3,(H,37,41)/t32-/m1/s1. The van der Waals surface area contributed by atoms with E-state index in [9.17, 15) is 22.4 Å². The minimum Gasteiger partial charge on any atom is -0.496 e. The fourth-order valence-electron chi connectivity index (χ4n) is 4.99. The van der Waals surface area contributed by atoms with Gasteiger partial charge in [0, 0.05) is 38.0 Å². The third kappa shape index (κ3) is 9.47. The zero-order valence-corrected chi connectivity index (χ0v) is 26.2. The van der Waals surface area contributed by atoms with Gasteiger partial charge in [0.1, 0.15) is 17.6 Å². The molecule has 8 nitrogen and oxygen atoms in total. The summed E-state index contributed by atoms with van der Waals surface area (Å²) in [5.41, 5.74) is 3.13. The molecule has 4 aromatic carbocycles. The Morgan fingerprint density at radius 3 is 2.16 bits per heavy atom. The third-order valence-corrected chi connectivity index (χ3v) is 8.94. The van der Waals surface area contributed by atoms with Gasteiger partial charge in [-0.25, -0.2) is 17.5 Å². The van der Waals surface area contributed by atoms with Crippen molar-refractivity contribution in [2.45, 2.75) is 50.2 Å². The number of carbonyl (C=O) groups excluding carboxylic acids is 2. The number of benzene rings is 4. The van der Waals surface area contributed by atoms with Crippen molar-refractivity contribution in [3.8, 4) is 5.75 Å². The van der Waals surface area contributed by atoms with Gasteiger partial charge < -0.3 is 15.0 Å². The number of halogens is 1. The molecule has 0 saturated carbocycles. The second kappa shape index (κ2) is 16.0. The average Bonchev–Trinajstić information content (AvgIpc) is 3.05. The average molecular weight is 632 g/mol. The van der Waals surface area contributed by atoms with Crippen LogP contribution < -0.4 is 14.8 Å². The number of sulfonamides is 1. The summed E-state index contributed by atoms with van der Waals surface area (Å²) >= 11 is 0. The van der Waals surface area contributed by atoms with Crippen molar-refractivity contribution in [2.75, 3.05) is 13.7 Å². The quantitative estimate of drug-likeness (QED) is 0.192. The maximum atomic E-state index is 14.0. The molecule has 0 saturated heterocycles. The second-order valence-electron chi connectivity index (χ2n) is 10.5. The van der Waals surface area contributed by atoms with E-state index in [2.05, 4.69) is 10.0 Å². The molecule has 0 aromatic heterocycles. The Hall–Kier alpha value is -4.54. The lowest BCUT2D eigenvalue weighted by molar-refractivity contribution is -0.141. The summed E-state index contributed by atoms with van der Waals surface area (Å²) < 4.78 is 46.3. The molecule has 1 atom stereocenters. The molecule has 0 aliphatic heterocycles. The van der Waals surface area contributed by atoms with Crippen LogP contribution in [-0.4, -0.2) is 44.8 Å². The molecule has 2 N–H and O–H groups in total. The molecule has 236 valence electrons. The molecule has 0 unspecified atom stereocenters. The van der Waals surface area contributed by atoms with Crippen LogP contribution in [0, 0.1) is 5.82 Å². The Bertz CT molecular complexity index is 1660. The highest BCUT2D eigenvalue weighted by molar-refractivity contribution is 7.89. The first-order valence-electron chi connectivity index (χ1n) is 14.8. The van der Waals surface area contributed by atoms with Crippen LogP contribution in [0.25, 0.3) is 0 Å². The minimum atomic E-state index is -3.59. The normalized spacial score (nSPS) is 11.9. The molecule has 0 heterocycles. The molecule has 4 rings (SSSR count). The van der Waals surface area contributed by atoms with Crippen molar-refractivity contribution in [3.05, 3.63) is 131 Å². The second-order valence-corrected chi connectivity index (χ2v) is 12.3. The van der Waals surface area contributed by atoms with E-state index in [1.165, 1.54) is 24.3 Å². The molecule has 0 aliphatic rings. The molecule has 0 fully saturated rings. The summed E-state index contributed by atoms with van der Waals surface area (Å²) in [5, 5.41) is 2.99. The number of hydrogen-bond acceptors (Lipinski definition) is 5. The molecule has 0 radical (unpaired) electrons. The lowest BCUT2D eigenvalue weighted by Gasteiger charge is -2.32. The van der Waals surface area contributed by atoms with Gasteiger partial charge in [-0.15, -0.1) is 0 Å². The van der Waals surface area contributed by atoms with Gasteiger partial charge in [-0.3, -0.25) is 9.59 Å². The number of amides is 2. The largest absolute Gasteiger partial charge is 0.496 e. The SMILES string of the molecule is CCNS(=O)(=O)c1ccc(CCC(=O)N(Cc2ccc(F)cc2)[C@H](Cc2ccccc2)C(=O)NCc2ccccc2OC)cc1. The monoisotopic (exact) mass is 631 g/mol. The highest BCUT2D eigenvalue weighted by atomic mass is 32.2. The van der Waals surface area contributed by atoms with E-state index in [0.29, 0.717) is 17.7 Å². The predicted molar refractivity (Wildman–Crippen MR) is 171 cm³/mol. The highest BCUT2D eigenvalue weighted by Crippen LogP contribution is 2.20. The van der Waals surface area contributed by atoms with E-state index in [0.717, 1.165) is 16.7 Å². The van der Waals surface area contributed by atoms with E-state index in [-0.39, 0.29) is 49.2 Å². The van der Waals surface area contributed by atoms with Gasteiger partial charge in [-0.1, -0.05) is 79.7 Å². The minimum absolute atomic E-state index is 0.0750. The number of methoxy groups -OCH3 is 1. The fourth-order valence-corrected chi connectivity index (χ4v) is 6.03. The number of nitrogens with zero attached hydrogens (tertiary/aromatic N) is 1. The van der Waals surface area contributed by atoms with Gasteiger partial charge in [-0.05, 0) is 53.4 Å². The lowest BCUT2D eigenvalue weighted by Crippen LogP contribution is -2.50. The first-order chi connectivity index (χ1) is 21.7. The zero-order chi connectivity index (χ0) is 32.2. The summed E-state index contributed by atoms with van der Waals surface area (Å²) in [6.45, 7) is 2.28. The Kier molecular flexibility index (Phi) is 11.8. The molecule has 10 heteroatoms. The van der Waals surface area contributed by atoms with Crippen LogP contribution in [0.1, 0.15) is 35.6 Å². The van der Waals surface area contributed by atoms with Crippen LogP contribution in [0.2, 0.25) is 0 Å². The van der Waals surface area contributed by atoms with Crippen molar-refractivity contribution in [1.82, 2.24) is 14.9 Å². The fraction of sp³-hybridized carbons (Fsp3) is 0.257. The van der Waals surface area contributed by atoms with E-state index in [1.54, 1.807) is 43.2 Å². The summed E-state index contributed by atoms with van der Waals surface area (Å²) in [5.74, 6) is -0.359. The molecule has 0 spiro atoms. The number of aryl methyl sites for hydroxylation is 1.